The minimum absolute atomic E-state index is 0.896. The van der Waals surface area contributed by atoms with E-state index in [0.717, 1.165) is 45.1 Å². The second-order valence-corrected chi connectivity index (χ2v) is 13.0. The van der Waals surface area contributed by atoms with E-state index in [1.54, 1.807) is 0 Å². The van der Waals surface area contributed by atoms with E-state index in [2.05, 4.69) is 187 Å². The second kappa shape index (κ2) is 11.5. The molecule has 0 unspecified atom stereocenters. The van der Waals surface area contributed by atoms with Gasteiger partial charge in [-0.15, -0.1) is 0 Å². The van der Waals surface area contributed by atoms with E-state index in [9.17, 15) is 0 Å². The third-order valence-corrected chi connectivity index (χ3v) is 9.99. The van der Waals surface area contributed by atoms with Crippen LogP contribution in [0.4, 0.5) is 17.1 Å². The van der Waals surface area contributed by atoms with Crippen LogP contribution in [0.2, 0.25) is 0 Å². The van der Waals surface area contributed by atoms with Crippen molar-refractivity contribution in [1.29, 1.82) is 0 Å². The van der Waals surface area contributed by atoms with Crippen molar-refractivity contribution < 1.29 is 4.74 Å². The molecular formula is C48H31NO. The van der Waals surface area contributed by atoms with Gasteiger partial charge in [-0.3, -0.25) is 0 Å². The first-order valence-electron chi connectivity index (χ1n) is 17.1. The third kappa shape index (κ3) is 4.73. The zero-order valence-corrected chi connectivity index (χ0v) is 27.3. The summed E-state index contributed by atoms with van der Waals surface area (Å²) in [5.41, 5.74) is 10.4. The quantitative estimate of drug-likeness (QED) is 0.186. The number of hydrogen-bond acceptors (Lipinski definition) is 2. The lowest BCUT2D eigenvalue weighted by atomic mass is 9.90. The summed E-state index contributed by atoms with van der Waals surface area (Å²) in [7, 11) is 0. The molecule has 0 aliphatic carbocycles. The van der Waals surface area contributed by atoms with Crippen LogP contribution in [-0.2, 0) is 0 Å². The predicted molar refractivity (Wildman–Crippen MR) is 210 cm³/mol. The minimum Gasteiger partial charge on any atom is -0.456 e. The highest BCUT2D eigenvalue weighted by molar-refractivity contribution is 6.07. The summed E-state index contributed by atoms with van der Waals surface area (Å²) in [5.74, 6) is 1.80. The Bertz CT molecular complexity index is 2740. The Balaban J connectivity index is 1.12. The summed E-state index contributed by atoms with van der Waals surface area (Å²) in [5, 5.41) is 7.25. The first-order valence-corrected chi connectivity index (χ1v) is 17.1. The van der Waals surface area contributed by atoms with Crippen LogP contribution in [0.25, 0.3) is 65.7 Å². The largest absolute Gasteiger partial charge is 0.456 e. The van der Waals surface area contributed by atoms with Gasteiger partial charge in [0.05, 0.1) is 5.69 Å². The topological polar surface area (TPSA) is 12.5 Å². The predicted octanol–water partition coefficient (Wildman–Crippen LogP) is 13.7. The smallest absolute Gasteiger partial charge is 0.135 e. The highest BCUT2D eigenvalue weighted by Gasteiger charge is 2.21. The van der Waals surface area contributed by atoms with Crippen molar-refractivity contribution in [3.05, 3.63) is 188 Å². The molecule has 9 aromatic rings. The Morgan fingerprint density at radius 2 is 1.00 bits per heavy atom. The molecule has 0 N–H and O–H groups in total. The number of anilines is 3. The Morgan fingerprint density at radius 3 is 1.92 bits per heavy atom. The van der Waals surface area contributed by atoms with Crippen molar-refractivity contribution in [3.63, 3.8) is 0 Å². The number of ether oxygens (including phenoxy) is 1. The molecule has 50 heavy (non-hydrogen) atoms. The van der Waals surface area contributed by atoms with Crippen LogP contribution >= 0.6 is 0 Å². The summed E-state index contributed by atoms with van der Waals surface area (Å²) in [6, 6.07) is 67.6. The maximum absolute atomic E-state index is 6.33. The van der Waals surface area contributed by atoms with E-state index in [1.807, 2.05) is 6.07 Å². The van der Waals surface area contributed by atoms with Crippen molar-refractivity contribution in [1.82, 2.24) is 0 Å². The van der Waals surface area contributed by atoms with Gasteiger partial charge in [-0.2, -0.15) is 0 Å². The highest BCUT2D eigenvalue weighted by atomic mass is 16.5. The maximum atomic E-state index is 6.33. The monoisotopic (exact) mass is 637 g/mol. The van der Waals surface area contributed by atoms with Crippen LogP contribution in [0.15, 0.2) is 188 Å². The molecule has 1 heterocycles. The molecular weight excluding hydrogens is 607 g/mol. The second-order valence-electron chi connectivity index (χ2n) is 13.0. The van der Waals surface area contributed by atoms with Crippen LogP contribution < -0.4 is 9.64 Å². The van der Waals surface area contributed by atoms with Crippen molar-refractivity contribution in [2.45, 2.75) is 0 Å². The number of nitrogens with zero attached hydrogens (tertiary/aromatic N) is 1. The molecule has 2 nitrogen and oxygen atoms in total. The summed E-state index contributed by atoms with van der Waals surface area (Å²) in [6.45, 7) is 0. The Kier molecular flexibility index (Phi) is 6.53. The molecule has 1 aliphatic heterocycles. The molecule has 0 fully saturated rings. The van der Waals surface area contributed by atoms with Gasteiger partial charge in [0.2, 0.25) is 0 Å². The van der Waals surface area contributed by atoms with Gasteiger partial charge in [-0.1, -0.05) is 127 Å². The summed E-state index contributed by atoms with van der Waals surface area (Å²) in [6.07, 6.45) is 0. The zero-order valence-electron chi connectivity index (χ0n) is 27.3. The SMILES string of the molecule is c1cc(-c2cc3c4c(cccc4c2)Oc2ccccc2-3)cc(N(c2ccc(-c3ccc4ccccc4c3)cc2)c2cccc3ccccc23)c1. The number of benzene rings is 9. The standard InChI is InChI=1S/C48H31NO/c1-2-12-35-28-37(23-22-32(35)10-1)33-24-26-40(27-25-33)49(45-19-8-13-34-11-3-4-17-42(34)45)41-16-7-14-36(30-41)39-29-38-15-9-21-47-48(38)44(31-39)43-18-5-6-20-46(43)50-47/h1-31H. The maximum Gasteiger partial charge on any atom is 0.135 e. The first kappa shape index (κ1) is 28.4. The van der Waals surface area contributed by atoms with Gasteiger partial charge in [0.25, 0.3) is 0 Å². The van der Waals surface area contributed by atoms with Gasteiger partial charge in [0, 0.05) is 27.7 Å². The van der Waals surface area contributed by atoms with Crippen molar-refractivity contribution in [2.24, 2.45) is 0 Å². The zero-order chi connectivity index (χ0) is 33.0. The third-order valence-electron chi connectivity index (χ3n) is 9.99. The van der Waals surface area contributed by atoms with Gasteiger partial charge in [-0.25, -0.2) is 0 Å². The molecule has 0 spiro atoms. The molecule has 9 aromatic carbocycles. The Labute approximate surface area is 291 Å². The first-order chi connectivity index (χ1) is 24.8. The fourth-order valence-electron chi connectivity index (χ4n) is 7.58. The van der Waals surface area contributed by atoms with Crippen LogP contribution in [0.1, 0.15) is 0 Å². The van der Waals surface area contributed by atoms with Crippen LogP contribution in [-0.4, -0.2) is 0 Å². The molecule has 2 heteroatoms. The van der Waals surface area contributed by atoms with Crippen molar-refractivity contribution in [3.8, 4) is 44.9 Å². The molecule has 0 saturated carbocycles. The molecule has 234 valence electrons. The van der Waals surface area contributed by atoms with E-state index in [0.29, 0.717) is 0 Å². The van der Waals surface area contributed by atoms with E-state index in [4.69, 9.17) is 4.74 Å². The summed E-state index contributed by atoms with van der Waals surface area (Å²) in [4.78, 5) is 2.39. The van der Waals surface area contributed by atoms with Crippen LogP contribution in [0.3, 0.4) is 0 Å². The highest BCUT2D eigenvalue weighted by Crippen LogP contribution is 2.48. The van der Waals surface area contributed by atoms with Crippen LogP contribution in [0, 0.1) is 0 Å². The number of fused-ring (bicyclic) bond motifs is 4. The molecule has 0 amide bonds. The van der Waals surface area contributed by atoms with E-state index < -0.39 is 0 Å². The fourth-order valence-corrected chi connectivity index (χ4v) is 7.58. The van der Waals surface area contributed by atoms with Gasteiger partial charge >= 0.3 is 0 Å². The average Bonchev–Trinajstić information content (AvgIpc) is 3.18. The molecule has 0 radical (unpaired) electrons. The number of para-hydroxylation sites is 1. The normalized spacial score (nSPS) is 11.8. The fraction of sp³-hybridized carbons (Fsp3) is 0. The average molecular weight is 638 g/mol. The van der Waals surface area contributed by atoms with E-state index >= 15 is 0 Å². The lowest BCUT2D eigenvalue weighted by Crippen LogP contribution is -2.10. The molecule has 0 bridgehead atoms. The number of rotatable bonds is 5. The van der Waals surface area contributed by atoms with Gasteiger partial charge < -0.3 is 9.64 Å². The lowest BCUT2D eigenvalue weighted by molar-refractivity contribution is 0.487. The lowest BCUT2D eigenvalue weighted by Gasteiger charge is -2.28. The van der Waals surface area contributed by atoms with Crippen LogP contribution in [0.5, 0.6) is 11.5 Å². The summed E-state index contributed by atoms with van der Waals surface area (Å²) < 4.78 is 6.33. The van der Waals surface area contributed by atoms with Gasteiger partial charge in [0.1, 0.15) is 11.5 Å². The molecule has 0 saturated heterocycles. The Morgan fingerprint density at radius 1 is 0.340 bits per heavy atom. The minimum atomic E-state index is 0.896. The van der Waals surface area contributed by atoms with E-state index in [1.165, 1.54) is 49.2 Å². The molecule has 10 rings (SSSR count). The van der Waals surface area contributed by atoms with Gasteiger partial charge in [0.15, 0.2) is 0 Å². The number of hydrogen-bond donors (Lipinski definition) is 0. The van der Waals surface area contributed by atoms with Crippen molar-refractivity contribution >= 4 is 49.4 Å². The molecule has 0 atom stereocenters. The summed E-state index contributed by atoms with van der Waals surface area (Å²) >= 11 is 0. The molecule has 0 aromatic heterocycles. The Hall–Kier alpha value is -6.64. The van der Waals surface area contributed by atoms with E-state index in [-0.39, 0.29) is 0 Å². The van der Waals surface area contributed by atoms with Crippen molar-refractivity contribution in [2.75, 3.05) is 4.90 Å². The molecule has 1 aliphatic rings. The van der Waals surface area contributed by atoms with Gasteiger partial charge in [-0.05, 0) is 110 Å².